The summed E-state index contributed by atoms with van der Waals surface area (Å²) in [7, 11) is 0. The Balaban J connectivity index is 2.50. The van der Waals surface area contributed by atoms with Gasteiger partial charge in [-0.25, -0.2) is 9.97 Å². The Hall–Kier alpha value is -2.02. The fourth-order valence-electron chi connectivity index (χ4n) is 1.93. The second-order valence-electron chi connectivity index (χ2n) is 4.06. The van der Waals surface area contributed by atoms with Gasteiger partial charge in [0.05, 0.1) is 11.3 Å². The molecule has 2 heterocycles. The molecule has 0 aromatic carbocycles. The molecule has 0 saturated heterocycles. The van der Waals surface area contributed by atoms with E-state index in [1.807, 2.05) is 13.8 Å². The number of nitrogens with zero attached hydrogens (tertiary/aromatic N) is 4. The van der Waals surface area contributed by atoms with Crippen molar-refractivity contribution in [1.29, 1.82) is 5.41 Å². The highest BCUT2D eigenvalue weighted by Gasteiger charge is 2.18. The van der Waals surface area contributed by atoms with Crippen molar-refractivity contribution in [2.75, 3.05) is 0 Å². The lowest BCUT2D eigenvalue weighted by Gasteiger charge is -2.13. The minimum absolute atomic E-state index is 0.00452. The zero-order valence-electron chi connectivity index (χ0n) is 11.4. The van der Waals surface area contributed by atoms with Crippen molar-refractivity contribution in [3.8, 4) is 0 Å². The standard InChI is InChI=1S/C13H16N6S/c1-3-8-9(4-2)18-19-12(10(8)11(14)15)20-13-16-6-5-7-17-13/h5-7H,3-4H2,1-2H3,(H3,14,15). The van der Waals surface area contributed by atoms with Gasteiger partial charge in [0, 0.05) is 12.4 Å². The summed E-state index contributed by atoms with van der Waals surface area (Å²) < 4.78 is 0. The van der Waals surface area contributed by atoms with Gasteiger partial charge in [0.1, 0.15) is 10.9 Å². The van der Waals surface area contributed by atoms with E-state index in [0.717, 1.165) is 24.1 Å². The van der Waals surface area contributed by atoms with Gasteiger partial charge >= 0.3 is 0 Å². The molecule has 0 radical (unpaired) electrons. The van der Waals surface area contributed by atoms with Crippen LogP contribution in [0.2, 0.25) is 0 Å². The summed E-state index contributed by atoms with van der Waals surface area (Å²) in [5.41, 5.74) is 8.24. The molecule has 2 aromatic heterocycles. The summed E-state index contributed by atoms with van der Waals surface area (Å²) >= 11 is 1.27. The molecule has 0 aliphatic rings. The molecular formula is C13H16N6S. The first-order chi connectivity index (χ1) is 9.67. The summed E-state index contributed by atoms with van der Waals surface area (Å²) in [5.74, 6) is 0.00452. The number of hydrogen-bond acceptors (Lipinski definition) is 6. The Kier molecular flexibility index (Phi) is 4.62. The Morgan fingerprint density at radius 1 is 1.20 bits per heavy atom. The first-order valence-corrected chi connectivity index (χ1v) is 7.16. The molecule has 20 heavy (non-hydrogen) atoms. The first-order valence-electron chi connectivity index (χ1n) is 6.35. The summed E-state index contributed by atoms with van der Waals surface area (Å²) in [6.45, 7) is 4.04. The Morgan fingerprint density at radius 2 is 1.90 bits per heavy atom. The fraction of sp³-hybridized carbons (Fsp3) is 0.308. The predicted molar refractivity (Wildman–Crippen MR) is 78.0 cm³/mol. The van der Waals surface area contributed by atoms with E-state index in [1.54, 1.807) is 18.5 Å². The number of aromatic nitrogens is 4. The number of amidine groups is 1. The zero-order chi connectivity index (χ0) is 14.5. The van der Waals surface area contributed by atoms with Crippen molar-refractivity contribution in [2.45, 2.75) is 36.9 Å². The van der Waals surface area contributed by atoms with Gasteiger partial charge in [0.2, 0.25) is 0 Å². The van der Waals surface area contributed by atoms with Crippen LogP contribution in [0.5, 0.6) is 0 Å². The van der Waals surface area contributed by atoms with E-state index in [2.05, 4.69) is 20.2 Å². The maximum absolute atomic E-state index is 7.81. The molecular weight excluding hydrogens is 272 g/mol. The lowest BCUT2D eigenvalue weighted by atomic mass is 10.0. The van der Waals surface area contributed by atoms with Crippen LogP contribution in [-0.2, 0) is 12.8 Å². The van der Waals surface area contributed by atoms with Crippen molar-refractivity contribution in [1.82, 2.24) is 20.2 Å². The number of nitrogen functional groups attached to an aromatic ring is 1. The van der Waals surface area contributed by atoms with Crippen LogP contribution >= 0.6 is 11.8 Å². The molecule has 0 unspecified atom stereocenters. The molecule has 104 valence electrons. The number of rotatable bonds is 5. The molecule has 2 aromatic rings. The first kappa shape index (κ1) is 14.4. The summed E-state index contributed by atoms with van der Waals surface area (Å²) in [4.78, 5) is 8.29. The van der Waals surface area contributed by atoms with E-state index in [4.69, 9.17) is 11.1 Å². The lowest BCUT2D eigenvalue weighted by molar-refractivity contribution is 0.816. The highest BCUT2D eigenvalue weighted by molar-refractivity contribution is 7.99. The third kappa shape index (κ3) is 2.93. The van der Waals surface area contributed by atoms with Crippen LogP contribution in [0.1, 0.15) is 30.7 Å². The van der Waals surface area contributed by atoms with Gasteiger partial charge in [-0.15, -0.1) is 5.10 Å². The smallest absolute Gasteiger partial charge is 0.193 e. The summed E-state index contributed by atoms with van der Waals surface area (Å²) in [6.07, 6.45) is 4.86. The molecule has 0 aliphatic carbocycles. The second-order valence-corrected chi connectivity index (χ2v) is 5.02. The van der Waals surface area contributed by atoms with Gasteiger partial charge in [0.25, 0.3) is 0 Å². The van der Waals surface area contributed by atoms with Crippen molar-refractivity contribution in [3.05, 3.63) is 35.3 Å². The normalized spacial score (nSPS) is 10.5. The summed E-state index contributed by atoms with van der Waals surface area (Å²) in [5, 5.41) is 17.4. The number of nitrogens with two attached hydrogens (primary N) is 1. The Bertz CT molecular complexity index is 614. The molecule has 0 amide bonds. The van der Waals surface area contributed by atoms with Gasteiger partial charge < -0.3 is 5.73 Å². The van der Waals surface area contributed by atoms with Crippen LogP contribution in [0.25, 0.3) is 0 Å². The van der Waals surface area contributed by atoms with Crippen LogP contribution in [0.4, 0.5) is 0 Å². The highest BCUT2D eigenvalue weighted by Crippen LogP contribution is 2.28. The molecule has 2 rings (SSSR count). The average Bonchev–Trinajstić information content (AvgIpc) is 2.47. The fourth-order valence-corrected chi connectivity index (χ4v) is 2.75. The Morgan fingerprint density at radius 3 is 2.45 bits per heavy atom. The highest BCUT2D eigenvalue weighted by atomic mass is 32.2. The van der Waals surface area contributed by atoms with Crippen LogP contribution < -0.4 is 5.73 Å². The third-order valence-electron chi connectivity index (χ3n) is 2.81. The van der Waals surface area contributed by atoms with Crippen LogP contribution in [-0.4, -0.2) is 26.0 Å². The van der Waals surface area contributed by atoms with Crippen molar-refractivity contribution < 1.29 is 0 Å². The van der Waals surface area contributed by atoms with E-state index in [0.29, 0.717) is 15.7 Å². The van der Waals surface area contributed by atoms with Crippen LogP contribution in [0.3, 0.4) is 0 Å². The maximum atomic E-state index is 7.81. The largest absolute Gasteiger partial charge is 0.384 e. The predicted octanol–water partition coefficient (Wildman–Crippen LogP) is 1.83. The van der Waals surface area contributed by atoms with E-state index in [9.17, 15) is 0 Å². The zero-order valence-corrected chi connectivity index (χ0v) is 12.2. The quantitative estimate of drug-likeness (QED) is 0.494. The monoisotopic (exact) mass is 288 g/mol. The van der Waals surface area contributed by atoms with Crippen LogP contribution in [0, 0.1) is 5.41 Å². The lowest BCUT2D eigenvalue weighted by Crippen LogP contribution is -2.18. The Labute approximate surface area is 121 Å². The number of aryl methyl sites for hydroxylation is 1. The minimum Gasteiger partial charge on any atom is -0.384 e. The van der Waals surface area contributed by atoms with Gasteiger partial charge in [-0.3, -0.25) is 5.41 Å². The van der Waals surface area contributed by atoms with Gasteiger partial charge in [-0.1, -0.05) is 13.8 Å². The van der Waals surface area contributed by atoms with E-state index >= 15 is 0 Å². The molecule has 0 aliphatic heterocycles. The average molecular weight is 288 g/mol. The molecule has 0 fully saturated rings. The SMILES string of the molecule is CCc1nnc(Sc2ncccn2)c(C(=N)N)c1CC. The molecule has 6 nitrogen and oxygen atoms in total. The topological polar surface area (TPSA) is 101 Å². The van der Waals surface area contributed by atoms with E-state index in [1.165, 1.54) is 11.8 Å². The number of nitrogens with one attached hydrogen (secondary N) is 1. The third-order valence-corrected chi connectivity index (χ3v) is 3.69. The van der Waals surface area contributed by atoms with Gasteiger partial charge in [-0.05, 0) is 36.2 Å². The molecule has 3 N–H and O–H groups in total. The van der Waals surface area contributed by atoms with E-state index in [-0.39, 0.29) is 5.84 Å². The second kappa shape index (κ2) is 6.42. The molecule has 0 atom stereocenters. The maximum Gasteiger partial charge on any atom is 0.193 e. The van der Waals surface area contributed by atoms with Crippen molar-refractivity contribution in [2.24, 2.45) is 5.73 Å². The minimum atomic E-state index is 0.00452. The van der Waals surface area contributed by atoms with Gasteiger partial charge in [0.15, 0.2) is 5.16 Å². The molecule has 0 spiro atoms. The molecule has 7 heteroatoms. The van der Waals surface area contributed by atoms with Crippen molar-refractivity contribution >= 4 is 17.6 Å². The summed E-state index contributed by atoms with van der Waals surface area (Å²) in [6, 6.07) is 1.75. The van der Waals surface area contributed by atoms with E-state index < -0.39 is 0 Å². The van der Waals surface area contributed by atoms with Gasteiger partial charge in [-0.2, -0.15) is 5.10 Å². The molecule has 0 saturated carbocycles. The van der Waals surface area contributed by atoms with Crippen LogP contribution in [0.15, 0.2) is 28.6 Å². The van der Waals surface area contributed by atoms with Crippen molar-refractivity contribution in [3.63, 3.8) is 0 Å². The molecule has 0 bridgehead atoms. The number of hydrogen-bond donors (Lipinski definition) is 2.